The second-order valence-electron chi connectivity index (χ2n) is 6.76. The van der Waals surface area contributed by atoms with Crippen LogP contribution < -0.4 is 5.32 Å². The first-order valence-electron chi connectivity index (χ1n) is 6.74. The molecule has 0 radical (unpaired) electrons. The molecule has 0 saturated heterocycles. The maximum atomic E-state index is 4.29. The molecule has 3 nitrogen and oxygen atoms in total. The SMILES string of the molecule is CC1(C)C(NCc2ncc[nH]2)[C@]2(C)CC[C@H]1C2. The molecule has 2 fully saturated rings. The van der Waals surface area contributed by atoms with Crippen LogP contribution in [-0.4, -0.2) is 16.0 Å². The highest BCUT2D eigenvalue weighted by atomic mass is 15.0. The summed E-state index contributed by atoms with van der Waals surface area (Å²) in [4.78, 5) is 7.46. The van der Waals surface area contributed by atoms with Crippen LogP contribution in [0.5, 0.6) is 0 Å². The van der Waals surface area contributed by atoms with Gasteiger partial charge in [0.05, 0.1) is 6.54 Å². The van der Waals surface area contributed by atoms with Gasteiger partial charge in [-0.25, -0.2) is 4.98 Å². The average Bonchev–Trinajstić information content (AvgIpc) is 2.90. The van der Waals surface area contributed by atoms with Crippen LogP contribution in [0, 0.1) is 16.7 Å². The van der Waals surface area contributed by atoms with Crippen molar-refractivity contribution in [3.8, 4) is 0 Å². The van der Waals surface area contributed by atoms with E-state index in [-0.39, 0.29) is 0 Å². The summed E-state index contributed by atoms with van der Waals surface area (Å²) in [5, 5.41) is 3.75. The maximum Gasteiger partial charge on any atom is 0.120 e. The van der Waals surface area contributed by atoms with E-state index in [0.29, 0.717) is 16.9 Å². The van der Waals surface area contributed by atoms with Crippen LogP contribution >= 0.6 is 0 Å². The number of H-pyrrole nitrogens is 1. The van der Waals surface area contributed by atoms with E-state index >= 15 is 0 Å². The first-order chi connectivity index (χ1) is 8.02. The molecule has 3 heteroatoms. The molecule has 2 saturated carbocycles. The summed E-state index contributed by atoms with van der Waals surface area (Å²) in [5.74, 6) is 1.95. The summed E-state index contributed by atoms with van der Waals surface area (Å²) in [6, 6.07) is 0.624. The molecule has 1 aromatic heterocycles. The summed E-state index contributed by atoms with van der Waals surface area (Å²) in [6.07, 6.45) is 7.92. The van der Waals surface area contributed by atoms with Gasteiger partial charge in [-0.05, 0) is 36.0 Å². The fourth-order valence-electron chi connectivity index (χ4n) is 4.40. The lowest BCUT2D eigenvalue weighted by atomic mass is 9.68. The van der Waals surface area contributed by atoms with E-state index in [1.807, 2.05) is 12.4 Å². The molecule has 1 aromatic rings. The van der Waals surface area contributed by atoms with E-state index in [1.165, 1.54) is 19.3 Å². The Hall–Kier alpha value is -0.830. The lowest BCUT2D eigenvalue weighted by molar-refractivity contribution is 0.107. The maximum absolute atomic E-state index is 4.29. The predicted molar refractivity (Wildman–Crippen MR) is 68.4 cm³/mol. The number of nitrogens with zero attached hydrogens (tertiary/aromatic N) is 1. The molecule has 0 aliphatic heterocycles. The first kappa shape index (κ1) is 11.3. The fourth-order valence-corrected chi connectivity index (χ4v) is 4.40. The van der Waals surface area contributed by atoms with Crippen molar-refractivity contribution < 1.29 is 0 Å². The largest absolute Gasteiger partial charge is 0.348 e. The Morgan fingerprint density at radius 1 is 1.47 bits per heavy atom. The minimum atomic E-state index is 0.430. The molecule has 2 bridgehead atoms. The molecule has 2 aliphatic rings. The Morgan fingerprint density at radius 3 is 2.88 bits per heavy atom. The van der Waals surface area contributed by atoms with Crippen LogP contribution in [0.2, 0.25) is 0 Å². The number of nitrogens with one attached hydrogen (secondary N) is 2. The van der Waals surface area contributed by atoms with Gasteiger partial charge in [0.15, 0.2) is 0 Å². The standard InChI is InChI=1S/C14H23N3/c1-13(2)10-4-5-14(3,8-10)12(13)17-9-11-15-6-7-16-11/h6-7,10,12,17H,4-5,8-9H2,1-3H3,(H,15,16)/t10-,12?,14+/m0/s1. The van der Waals surface area contributed by atoms with Gasteiger partial charge in [-0.3, -0.25) is 0 Å². The topological polar surface area (TPSA) is 40.7 Å². The first-order valence-corrected chi connectivity index (χ1v) is 6.74. The molecule has 2 N–H and O–H groups in total. The summed E-state index contributed by atoms with van der Waals surface area (Å²) < 4.78 is 0. The van der Waals surface area contributed by atoms with Crippen LogP contribution in [0.3, 0.4) is 0 Å². The number of rotatable bonds is 3. The van der Waals surface area contributed by atoms with Crippen LogP contribution in [0.25, 0.3) is 0 Å². The number of aromatic nitrogens is 2. The molecule has 2 aliphatic carbocycles. The van der Waals surface area contributed by atoms with Gasteiger partial charge in [-0.2, -0.15) is 0 Å². The smallest absolute Gasteiger partial charge is 0.120 e. The van der Waals surface area contributed by atoms with Crippen LogP contribution in [-0.2, 0) is 6.54 Å². The minimum absolute atomic E-state index is 0.430. The Morgan fingerprint density at radius 2 is 2.29 bits per heavy atom. The van der Waals surface area contributed by atoms with Crippen LogP contribution in [0.1, 0.15) is 45.9 Å². The van der Waals surface area contributed by atoms with Crippen molar-refractivity contribution in [2.75, 3.05) is 0 Å². The minimum Gasteiger partial charge on any atom is -0.348 e. The fraction of sp³-hybridized carbons (Fsp3) is 0.786. The van der Waals surface area contributed by atoms with E-state index in [2.05, 4.69) is 36.1 Å². The third-order valence-electron chi connectivity index (χ3n) is 5.30. The van der Waals surface area contributed by atoms with Gasteiger partial charge in [0.1, 0.15) is 5.82 Å². The Bertz CT molecular complexity index is 391. The molecule has 3 atom stereocenters. The van der Waals surface area contributed by atoms with Gasteiger partial charge in [-0.1, -0.05) is 20.8 Å². The predicted octanol–water partition coefficient (Wildman–Crippen LogP) is 2.71. The summed E-state index contributed by atoms with van der Waals surface area (Å²) >= 11 is 0. The Labute approximate surface area is 103 Å². The van der Waals surface area contributed by atoms with Crippen molar-refractivity contribution in [1.82, 2.24) is 15.3 Å². The van der Waals surface area contributed by atoms with E-state index in [1.54, 1.807) is 0 Å². The molecule has 94 valence electrons. The van der Waals surface area contributed by atoms with Crippen molar-refractivity contribution in [2.24, 2.45) is 16.7 Å². The highest BCUT2D eigenvalue weighted by Crippen LogP contribution is 2.62. The highest BCUT2D eigenvalue weighted by molar-refractivity contribution is 5.12. The van der Waals surface area contributed by atoms with Crippen LogP contribution in [0.15, 0.2) is 12.4 Å². The zero-order valence-electron chi connectivity index (χ0n) is 11.1. The highest BCUT2D eigenvalue weighted by Gasteiger charge is 2.58. The van der Waals surface area contributed by atoms with E-state index < -0.39 is 0 Å². The molecule has 1 heterocycles. The van der Waals surface area contributed by atoms with Gasteiger partial charge in [0.2, 0.25) is 0 Å². The number of imidazole rings is 1. The van der Waals surface area contributed by atoms with Crippen LogP contribution in [0.4, 0.5) is 0 Å². The molecule has 0 aromatic carbocycles. The Balaban J connectivity index is 1.74. The molecule has 17 heavy (non-hydrogen) atoms. The van der Waals surface area contributed by atoms with Crippen molar-refractivity contribution in [1.29, 1.82) is 0 Å². The second-order valence-corrected chi connectivity index (χ2v) is 6.76. The van der Waals surface area contributed by atoms with Crippen molar-refractivity contribution in [3.05, 3.63) is 18.2 Å². The number of aromatic amines is 1. The molecular weight excluding hydrogens is 210 g/mol. The third kappa shape index (κ3) is 1.63. The molecular formula is C14H23N3. The van der Waals surface area contributed by atoms with Gasteiger partial charge in [0.25, 0.3) is 0 Å². The molecule has 3 rings (SSSR count). The average molecular weight is 233 g/mol. The lowest BCUT2D eigenvalue weighted by Crippen LogP contribution is -2.50. The van der Waals surface area contributed by atoms with Gasteiger partial charge < -0.3 is 10.3 Å². The molecule has 0 amide bonds. The van der Waals surface area contributed by atoms with Crippen molar-refractivity contribution in [3.63, 3.8) is 0 Å². The van der Waals surface area contributed by atoms with Gasteiger partial charge in [-0.15, -0.1) is 0 Å². The monoisotopic (exact) mass is 233 g/mol. The second kappa shape index (κ2) is 3.58. The lowest BCUT2D eigenvalue weighted by Gasteiger charge is -2.43. The number of hydrogen-bond acceptors (Lipinski definition) is 2. The van der Waals surface area contributed by atoms with Crippen molar-refractivity contribution >= 4 is 0 Å². The third-order valence-corrected chi connectivity index (χ3v) is 5.30. The number of hydrogen-bond donors (Lipinski definition) is 2. The normalized spacial score (nSPS) is 38.8. The summed E-state index contributed by atoms with van der Waals surface area (Å²) in [5.41, 5.74) is 0.931. The quantitative estimate of drug-likeness (QED) is 0.842. The summed E-state index contributed by atoms with van der Waals surface area (Å²) in [7, 11) is 0. The Kier molecular flexibility index (Phi) is 2.37. The van der Waals surface area contributed by atoms with Crippen molar-refractivity contribution in [2.45, 2.75) is 52.6 Å². The number of fused-ring (bicyclic) bond motifs is 2. The van der Waals surface area contributed by atoms with Gasteiger partial charge in [0, 0.05) is 18.4 Å². The molecule has 1 unspecified atom stereocenters. The molecule has 0 spiro atoms. The van der Waals surface area contributed by atoms with Gasteiger partial charge >= 0.3 is 0 Å². The van der Waals surface area contributed by atoms with E-state index in [9.17, 15) is 0 Å². The zero-order chi connectivity index (χ0) is 12.1. The summed E-state index contributed by atoms with van der Waals surface area (Å²) in [6.45, 7) is 8.19. The zero-order valence-corrected chi connectivity index (χ0v) is 11.1. The van der Waals surface area contributed by atoms with E-state index in [0.717, 1.165) is 18.3 Å². The van der Waals surface area contributed by atoms with E-state index in [4.69, 9.17) is 0 Å².